The predicted octanol–water partition coefficient (Wildman–Crippen LogP) is 3.42. The number of rotatable bonds is 4. The fourth-order valence-corrected chi connectivity index (χ4v) is 1.40. The molecule has 0 aromatic heterocycles. The predicted molar refractivity (Wildman–Crippen MR) is 59.6 cm³/mol. The number of nitriles is 1. The van der Waals surface area contributed by atoms with Gasteiger partial charge in [-0.1, -0.05) is 31.0 Å². The van der Waals surface area contributed by atoms with E-state index in [1.54, 1.807) is 6.07 Å². The molecule has 0 heterocycles. The summed E-state index contributed by atoms with van der Waals surface area (Å²) in [4.78, 5) is 0. The topological polar surface area (TPSA) is 35.8 Å². The summed E-state index contributed by atoms with van der Waals surface area (Å²) in [6, 6.07) is 7.54. The molecule has 0 amide bonds. The second kappa shape index (κ2) is 5.51. The number of nitrogens with zero attached hydrogens (tertiary/aromatic N) is 1. The van der Waals surface area contributed by atoms with Gasteiger partial charge in [-0.15, -0.1) is 0 Å². The van der Waals surface area contributed by atoms with Crippen LogP contribution in [0.2, 0.25) is 5.02 Å². The lowest BCUT2D eigenvalue weighted by Crippen LogP contribution is -2.02. The third-order valence-corrected chi connectivity index (χ3v) is 2.29. The molecule has 0 radical (unpaired) electrons. The minimum Gasteiger partial charge on any atom is -0.384 e. The van der Waals surface area contributed by atoms with Crippen molar-refractivity contribution in [2.24, 2.45) is 0 Å². The molecule has 0 spiro atoms. The first-order valence-electron chi connectivity index (χ1n) is 4.72. The van der Waals surface area contributed by atoms with Crippen molar-refractivity contribution < 1.29 is 0 Å². The van der Waals surface area contributed by atoms with Gasteiger partial charge in [0.05, 0.1) is 16.3 Å². The number of anilines is 1. The average Bonchev–Trinajstić information content (AvgIpc) is 2.18. The first-order chi connectivity index (χ1) is 6.79. The molecule has 0 fully saturated rings. The molecule has 0 saturated carbocycles. The number of hydrogen-bond donors (Lipinski definition) is 1. The van der Waals surface area contributed by atoms with Crippen LogP contribution in [0.25, 0.3) is 0 Å². The Balaban J connectivity index is 2.76. The quantitative estimate of drug-likeness (QED) is 0.770. The van der Waals surface area contributed by atoms with Gasteiger partial charge in [0.15, 0.2) is 0 Å². The van der Waals surface area contributed by atoms with Crippen molar-refractivity contribution in [1.29, 1.82) is 5.26 Å². The minimum atomic E-state index is 0.508. The average molecular weight is 209 g/mol. The second-order valence-electron chi connectivity index (χ2n) is 3.05. The van der Waals surface area contributed by atoms with Crippen molar-refractivity contribution in [1.82, 2.24) is 0 Å². The van der Waals surface area contributed by atoms with Crippen LogP contribution < -0.4 is 5.32 Å². The van der Waals surface area contributed by atoms with Crippen molar-refractivity contribution >= 4 is 17.3 Å². The maximum Gasteiger partial charge on any atom is 0.103 e. The van der Waals surface area contributed by atoms with E-state index in [-0.39, 0.29) is 0 Å². The van der Waals surface area contributed by atoms with Gasteiger partial charge in [0.25, 0.3) is 0 Å². The summed E-state index contributed by atoms with van der Waals surface area (Å²) in [6.07, 6.45) is 2.23. The van der Waals surface area contributed by atoms with Crippen LogP contribution in [0, 0.1) is 11.3 Å². The summed E-state index contributed by atoms with van der Waals surface area (Å²) in [6.45, 7) is 3.01. The lowest BCUT2D eigenvalue weighted by atomic mass is 10.2. The molecule has 0 aliphatic heterocycles. The number of benzene rings is 1. The van der Waals surface area contributed by atoms with Gasteiger partial charge < -0.3 is 5.32 Å². The van der Waals surface area contributed by atoms with Crippen LogP contribution in [0.1, 0.15) is 25.3 Å². The van der Waals surface area contributed by atoms with Crippen molar-refractivity contribution in [2.75, 3.05) is 11.9 Å². The normalized spacial score (nSPS) is 9.50. The summed E-state index contributed by atoms with van der Waals surface area (Å²) < 4.78 is 0. The molecule has 1 aromatic carbocycles. The van der Waals surface area contributed by atoms with Crippen LogP contribution in [-0.2, 0) is 0 Å². The zero-order valence-corrected chi connectivity index (χ0v) is 8.93. The zero-order chi connectivity index (χ0) is 10.4. The van der Waals surface area contributed by atoms with Crippen LogP contribution >= 0.6 is 11.6 Å². The van der Waals surface area contributed by atoms with Gasteiger partial charge in [-0.2, -0.15) is 5.26 Å². The maximum atomic E-state index is 8.88. The fraction of sp³-hybridized carbons (Fsp3) is 0.364. The Labute approximate surface area is 89.5 Å². The SMILES string of the molecule is CCCCNc1cccc(Cl)c1C#N. The van der Waals surface area contributed by atoms with E-state index in [0.717, 1.165) is 25.1 Å². The van der Waals surface area contributed by atoms with Gasteiger partial charge in [-0.25, -0.2) is 0 Å². The van der Waals surface area contributed by atoms with Gasteiger partial charge >= 0.3 is 0 Å². The molecular weight excluding hydrogens is 196 g/mol. The van der Waals surface area contributed by atoms with E-state index >= 15 is 0 Å². The molecular formula is C11H13ClN2. The minimum absolute atomic E-state index is 0.508. The monoisotopic (exact) mass is 208 g/mol. The molecule has 3 heteroatoms. The molecule has 2 nitrogen and oxygen atoms in total. The third-order valence-electron chi connectivity index (χ3n) is 1.97. The molecule has 0 atom stereocenters. The molecule has 1 N–H and O–H groups in total. The van der Waals surface area contributed by atoms with Crippen LogP contribution in [0.3, 0.4) is 0 Å². The van der Waals surface area contributed by atoms with Crippen molar-refractivity contribution in [2.45, 2.75) is 19.8 Å². The summed E-state index contributed by atoms with van der Waals surface area (Å²) in [5.41, 5.74) is 1.36. The van der Waals surface area contributed by atoms with E-state index in [4.69, 9.17) is 16.9 Å². The number of nitrogens with one attached hydrogen (secondary N) is 1. The Kier molecular flexibility index (Phi) is 4.28. The highest BCUT2D eigenvalue weighted by atomic mass is 35.5. The Morgan fingerprint density at radius 2 is 2.29 bits per heavy atom. The number of hydrogen-bond acceptors (Lipinski definition) is 2. The van der Waals surface area contributed by atoms with Crippen molar-refractivity contribution in [3.8, 4) is 6.07 Å². The summed E-state index contributed by atoms with van der Waals surface area (Å²) >= 11 is 5.88. The van der Waals surface area contributed by atoms with E-state index < -0.39 is 0 Å². The summed E-state index contributed by atoms with van der Waals surface area (Å²) in [7, 11) is 0. The standard InChI is InChI=1S/C11H13ClN2/c1-2-3-7-14-11-6-4-5-10(12)9(11)8-13/h4-6,14H,2-3,7H2,1H3. The number of halogens is 1. The van der Waals surface area contributed by atoms with E-state index in [9.17, 15) is 0 Å². The molecule has 1 rings (SSSR count). The maximum absolute atomic E-state index is 8.88. The van der Waals surface area contributed by atoms with Crippen LogP contribution in [-0.4, -0.2) is 6.54 Å². The Morgan fingerprint density at radius 1 is 1.50 bits per heavy atom. The highest BCUT2D eigenvalue weighted by Gasteiger charge is 2.04. The molecule has 0 unspecified atom stereocenters. The van der Waals surface area contributed by atoms with Crippen molar-refractivity contribution in [3.05, 3.63) is 28.8 Å². The molecule has 0 bridgehead atoms. The Morgan fingerprint density at radius 3 is 2.93 bits per heavy atom. The van der Waals surface area contributed by atoms with E-state index in [2.05, 4.69) is 18.3 Å². The van der Waals surface area contributed by atoms with Gasteiger partial charge in [0.2, 0.25) is 0 Å². The molecule has 0 saturated heterocycles. The highest BCUT2D eigenvalue weighted by Crippen LogP contribution is 2.23. The van der Waals surface area contributed by atoms with Crippen LogP contribution in [0.5, 0.6) is 0 Å². The summed E-state index contributed by atoms with van der Waals surface area (Å²) in [5, 5.41) is 12.6. The third kappa shape index (κ3) is 2.65. The number of unbranched alkanes of at least 4 members (excludes halogenated alkanes) is 1. The lowest BCUT2D eigenvalue weighted by molar-refractivity contribution is 0.834. The van der Waals surface area contributed by atoms with Crippen molar-refractivity contribution in [3.63, 3.8) is 0 Å². The largest absolute Gasteiger partial charge is 0.384 e. The first kappa shape index (κ1) is 10.9. The Hall–Kier alpha value is -1.20. The van der Waals surface area contributed by atoms with Gasteiger partial charge in [-0.3, -0.25) is 0 Å². The molecule has 74 valence electrons. The molecule has 0 aliphatic rings. The lowest BCUT2D eigenvalue weighted by Gasteiger charge is -2.07. The molecule has 0 aliphatic carbocycles. The van der Waals surface area contributed by atoms with E-state index in [1.165, 1.54) is 0 Å². The first-order valence-corrected chi connectivity index (χ1v) is 5.10. The Bertz CT molecular complexity index is 342. The van der Waals surface area contributed by atoms with E-state index in [1.807, 2.05) is 12.1 Å². The van der Waals surface area contributed by atoms with E-state index in [0.29, 0.717) is 10.6 Å². The zero-order valence-electron chi connectivity index (χ0n) is 8.18. The summed E-state index contributed by atoms with van der Waals surface area (Å²) in [5.74, 6) is 0. The second-order valence-corrected chi connectivity index (χ2v) is 3.46. The highest BCUT2D eigenvalue weighted by molar-refractivity contribution is 6.32. The van der Waals surface area contributed by atoms with Crippen LogP contribution in [0.4, 0.5) is 5.69 Å². The fourth-order valence-electron chi connectivity index (χ4n) is 1.18. The smallest absolute Gasteiger partial charge is 0.103 e. The van der Waals surface area contributed by atoms with Gasteiger partial charge in [0.1, 0.15) is 6.07 Å². The van der Waals surface area contributed by atoms with Gasteiger partial charge in [-0.05, 0) is 18.6 Å². The van der Waals surface area contributed by atoms with Gasteiger partial charge in [0, 0.05) is 6.54 Å². The molecule has 1 aromatic rings. The molecule has 14 heavy (non-hydrogen) atoms. The van der Waals surface area contributed by atoms with Crippen LogP contribution in [0.15, 0.2) is 18.2 Å².